The minimum Gasteiger partial charge on any atom is -0.748 e. The largest absolute Gasteiger partial charge is 0.748 e. The zero-order valence-electron chi connectivity index (χ0n) is 13.4. The van der Waals surface area contributed by atoms with Gasteiger partial charge in [0.1, 0.15) is 0 Å². The van der Waals surface area contributed by atoms with Gasteiger partial charge in [-0.2, -0.15) is 21.4 Å². The van der Waals surface area contributed by atoms with Crippen LogP contribution in [0.15, 0.2) is 115 Å². The Bertz CT molecular complexity index is 660. The molecule has 0 spiro atoms. The Labute approximate surface area is 158 Å². The standard InChI is InChI=1S/C12H10.C5H6P.C5H5.Fe/c1-3-7-11(8-4-1)12-9-5-2-6-10-12;6-5-3-1-2-4-5;1-2-4-5-3-1;/h1-10H;1-4H,6H2;1-5H;/q;-1;-5;. The molecule has 0 bridgehead atoms. The van der Waals surface area contributed by atoms with Gasteiger partial charge < -0.3 is 30.3 Å². The molecule has 0 fully saturated rings. The normalized spacial score (nSPS) is 8.71. The van der Waals surface area contributed by atoms with Crippen LogP contribution in [0.5, 0.6) is 0 Å². The van der Waals surface area contributed by atoms with Crippen LogP contribution in [-0.2, 0) is 17.1 Å². The molecule has 4 rings (SSSR count). The number of hydrogen-bond donors (Lipinski definition) is 0. The van der Waals surface area contributed by atoms with Gasteiger partial charge in [0.25, 0.3) is 0 Å². The van der Waals surface area contributed by atoms with E-state index in [0.29, 0.717) is 0 Å². The molecule has 0 saturated heterocycles. The monoisotopic (exact) mass is 372 g/mol. The first-order chi connectivity index (χ1) is 11.4. The zero-order chi connectivity index (χ0) is 16.2. The molecule has 0 saturated carbocycles. The number of hydrogen-bond acceptors (Lipinski definition) is 0. The molecule has 0 aliphatic heterocycles. The first-order valence-corrected chi connectivity index (χ1v) is 8.18. The van der Waals surface area contributed by atoms with E-state index < -0.39 is 0 Å². The zero-order valence-corrected chi connectivity index (χ0v) is 15.7. The maximum Gasteiger partial charge on any atom is 0 e. The first-order valence-electron chi connectivity index (χ1n) is 7.60. The predicted octanol–water partition coefficient (Wildman–Crippen LogP) is 5.66. The average molecular weight is 372 g/mol. The van der Waals surface area contributed by atoms with Gasteiger partial charge in [-0.1, -0.05) is 60.7 Å². The smallest absolute Gasteiger partial charge is 0 e. The molecule has 0 aliphatic carbocycles. The van der Waals surface area contributed by atoms with Crippen molar-refractivity contribution in [2.45, 2.75) is 0 Å². The molecule has 24 heavy (non-hydrogen) atoms. The second-order valence-corrected chi connectivity index (χ2v) is 5.58. The average Bonchev–Trinajstić information content (AvgIpc) is 3.33. The van der Waals surface area contributed by atoms with Crippen molar-refractivity contribution in [3.63, 3.8) is 0 Å². The van der Waals surface area contributed by atoms with Crippen LogP contribution in [-0.4, -0.2) is 0 Å². The fraction of sp³-hybridized carbons (Fsp3) is 0. The fourth-order valence-corrected chi connectivity index (χ4v) is 2.19. The van der Waals surface area contributed by atoms with Crippen LogP contribution in [0.25, 0.3) is 11.1 Å². The molecule has 1 unspecified atom stereocenters. The van der Waals surface area contributed by atoms with Crippen LogP contribution in [0.3, 0.4) is 0 Å². The molecule has 0 amide bonds. The van der Waals surface area contributed by atoms with Crippen LogP contribution in [0.2, 0.25) is 0 Å². The van der Waals surface area contributed by atoms with Crippen LogP contribution in [0, 0.1) is 0 Å². The van der Waals surface area contributed by atoms with Gasteiger partial charge in [-0.25, -0.2) is 12.1 Å². The van der Waals surface area contributed by atoms with Gasteiger partial charge in [-0.05, 0) is 11.1 Å². The van der Waals surface area contributed by atoms with Crippen LogP contribution >= 0.6 is 9.24 Å². The minimum absolute atomic E-state index is 0. The van der Waals surface area contributed by atoms with Gasteiger partial charge in [0.05, 0.1) is 0 Å². The van der Waals surface area contributed by atoms with Crippen molar-refractivity contribution in [3.05, 3.63) is 115 Å². The molecular formula is C22H21FeP-6. The minimum atomic E-state index is 0. The summed E-state index contributed by atoms with van der Waals surface area (Å²) in [6.45, 7) is 0. The summed E-state index contributed by atoms with van der Waals surface area (Å²) in [7, 11) is 2.62. The van der Waals surface area contributed by atoms with E-state index in [-0.39, 0.29) is 17.1 Å². The molecule has 128 valence electrons. The van der Waals surface area contributed by atoms with Crippen molar-refractivity contribution in [2.24, 2.45) is 0 Å². The third-order valence-corrected chi connectivity index (χ3v) is 3.51. The topological polar surface area (TPSA) is 0 Å². The van der Waals surface area contributed by atoms with E-state index in [9.17, 15) is 0 Å². The van der Waals surface area contributed by atoms with Crippen molar-refractivity contribution in [3.8, 4) is 11.1 Å². The molecule has 0 aromatic heterocycles. The molecule has 0 N–H and O–H groups in total. The van der Waals surface area contributed by atoms with Crippen LogP contribution in [0.4, 0.5) is 0 Å². The fourth-order valence-electron chi connectivity index (χ4n) is 1.97. The van der Waals surface area contributed by atoms with Gasteiger partial charge in [0, 0.05) is 17.1 Å². The second-order valence-electron chi connectivity index (χ2n) is 4.91. The quantitative estimate of drug-likeness (QED) is 0.230. The summed E-state index contributed by atoms with van der Waals surface area (Å²) in [6.07, 6.45) is 0. The Morgan fingerprint density at radius 1 is 0.542 bits per heavy atom. The van der Waals surface area contributed by atoms with Gasteiger partial charge in [0.2, 0.25) is 0 Å². The van der Waals surface area contributed by atoms with E-state index in [2.05, 4.69) is 57.8 Å². The van der Waals surface area contributed by atoms with E-state index in [1.807, 2.05) is 66.7 Å². The molecule has 4 aromatic rings. The number of benzene rings is 2. The van der Waals surface area contributed by atoms with Crippen LogP contribution < -0.4 is 5.30 Å². The molecule has 0 nitrogen and oxygen atoms in total. The first kappa shape index (κ1) is 20.1. The molecule has 0 heterocycles. The van der Waals surface area contributed by atoms with Gasteiger partial charge >= 0.3 is 0 Å². The summed E-state index contributed by atoms with van der Waals surface area (Å²) in [6, 6.07) is 38.9. The van der Waals surface area contributed by atoms with Crippen molar-refractivity contribution < 1.29 is 17.1 Å². The second kappa shape index (κ2) is 12.5. The molecule has 4 aromatic carbocycles. The summed E-state index contributed by atoms with van der Waals surface area (Å²) in [4.78, 5) is 0. The van der Waals surface area contributed by atoms with Gasteiger partial charge in [0.15, 0.2) is 0 Å². The third-order valence-electron chi connectivity index (χ3n) is 3.12. The Hall–Kier alpha value is -1.91. The Balaban J connectivity index is 0.000000202. The van der Waals surface area contributed by atoms with Crippen molar-refractivity contribution >= 4 is 14.5 Å². The predicted molar refractivity (Wildman–Crippen MR) is 105 cm³/mol. The molecule has 0 aliphatic rings. The summed E-state index contributed by atoms with van der Waals surface area (Å²) in [5.41, 5.74) is 2.55. The Morgan fingerprint density at radius 2 is 0.875 bits per heavy atom. The maximum atomic E-state index is 2.62. The van der Waals surface area contributed by atoms with Gasteiger partial charge in [-0.15, -0.1) is 5.30 Å². The Kier molecular flexibility index (Phi) is 10.5. The van der Waals surface area contributed by atoms with E-state index in [1.54, 1.807) is 0 Å². The maximum absolute atomic E-state index is 2.62. The van der Waals surface area contributed by atoms with Gasteiger partial charge in [-0.3, -0.25) is 0 Å². The van der Waals surface area contributed by atoms with Crippen molar-refractivity contribution in [1.29, 1.82) is 0 Å². The van der Waals surface area contributed by atoms with E-state index in [1.165, 1.54) is 16.4 Å². The van der Waals surface area contributed by atoms with Crippen molar-refractivity contribution in [2.75, 3.05) is 0 Å². The molecule has 0 radical (unpaired) electrons. The van der Waals surface area contributed by atoms with Crippen LogP contribution in [0.1, 0.15) is 0 Å². The molecular weight excluding hydrogens is 351 g/mol. The Morgan fingerprint density at radius 3 is 1.12 bits per heavy atom. The summed E-state index contributed by atoms with van der Waals surface area (Å²) in [5.74, 6) is 0. The molecule has 1 atom stereocenters. The van der Waals surface area contributed by atoms with Crippen molar-refractivity contribution in [1.82, 2.24) is 0 Å². The third kappa shape index (κ3) is 8.09. The van der Waals surface area contributed by atoms with E-state index in [4.69, 9.17) is 0 Å². The SMILES string of the molecule is P[c-]1cccc1.[Fe].[cH-]1[cH-][cH-][cH-][cH-]1.c1ccc(-c2ccccc2)cc1. The summed E-state index contributed by atoms with van der Waals surface area (Å²) < 4.78 is 0. The number of rotatable bonds is 1. The summed E-state index contributed by atoms with van der Waals surface area (Å²) in [5, 5.41) is 1.26. The summed E-state index contributed by atoms with van der Waals surface area (Å²) >= 11 is 0. The van der Waals surface area contributed by atoms with E-state index in [0.717, 1.165) is 0 Å². The molecule has 2 heteroatoms. The van der Waals surface area contributed by atoms with E-state index >= 15 is 0 Å².